The Hall–Kier alpha value is -3.17. The second-order valence-electron chi connectivity index (χ2n) is 7.48. The minimum atomic E-state index is -0.768. The standard InChI is InChI=1S/C19H25FN4O5/c1-5-23-8-9-24(17(27)16(23)26)11-15(25)21-14-10-12(20)6-7-13(14)22-18(28)29-19(2,3)4/h6-7,10H,5,8-9,11H2,1-4H3,(H,21,25)(H,22,28). The molecule has 1 heterocycles. The molecule has 2 rings (SSSR count). The summed E-state index contributed by atoms with van der Waals surface area (Å²) >= 11 is 0. The Morgan fingerprint density at radius 1 is 1.07 bits per heavy atom. The Morgan fingerprint density at radius 3 is 2.31 bits per heavy atom. The van der Waals surface area contributed by atoms with Crippen molar-refractivity contribution >= 4 is 35.2 Å². The second kappa shape index (κ2) is 8.89. The van der Waals surface area contributed by atoms with Crippen LogP contribution < -0.4 is 10.6 Å². The largest absolute Gasteiger partial charge is 0.444 e. The van der Waals surface area contributed by atoms with Gasteiger partial charge < -0.3 is 19.9 Å². The van der Waals surface area contributed by atoms with Crippen LogP contribution in [0.25, 0.3) is 0 Å². The van der Waals surface area contributed by atoms with Crippen LogP contribution >= 0.6 is 0 Å². The van der Waals surface area contributed by atoms with Crippen LogP contribution in [0.1, 0.15) is 27.7 Å². The molecular weight excluding hydrogens is 383 g/mol. The summed E-state index contributed by atoms with van der Waals surface area (Å²) in [6.07, 6.45) is -0.768. The van der Waals surface area contributed by atoms with E-state index in [0.29, 0.717) is 13.1 Å². The lowest BCUT2D eigenvalue weighted by Crippen LogP contribution is -2.55. The van der Waals surface area contributed by atoms with E-state index in [2.05, 4.69) is 10.6 Å². The molecule has 0 spiro atoms. The molecule has 1 aromatic rings. The van der Waals surface area contributed by atoms with E-state index >= 15 is 0 Å². The van der Waals surface area contributed by atoms with E-state index in [0.717, 1.165) is 17.0 Å². The van der Waals surface area contributed by atoms with Gasteiger partial charge in [-0.25, -0.2) is 9.18 Å². The third kappa shape index (κ3) is 6.16. The number of nitrogens with one attached hydrogen (secondary N) is 2. The number of hydrogen-bond donors (Lipinski definition) is 2. The fraction of sp³-hybridized carbons (Fsp3) is 0.474. The quantitative estimate of drug-likeness (QED) is 0.723. The fourth-order valence-corrected chi connectivity index (χ4v) is 2.67. The predicted molar refractivity (Wildman–Crippen MR) is 104 cm³/mol. The van der Waals surface area contributed by atoms with Crippen LogP contribution in [0.15, 0.2) is 18.2 Å². The Labute approximate surface area is 168 Å². The van der Waals surface area contributed by atoms with Crippen molar-refractivity contribution in [1.29, 1.82) is 0 Å². The molecule has 0 bridgehead atoms. The average Bonchev–Trinajstić information content (AvgIpc) is 2.60. The van der Waals surface area contributed by atoms with E-state index in [1.807, 2.05) is 0 Å². The van der Waals surface area contributed by atoms with E-state index in [1.165, 1.54) is 11.0 Å². The van der Waals surface area contributed by atoms with Crippen LogP contribution in [0, 0.1) is 5.82 Å². The molecule has 1 aliphatic heterocycles. The first-order chi connectivity index (χ1) is 13.5. The predicted octanol–water partition coefficient (Wildman–Crippen LogP) is 1.80. The number of benzene rings is 1. The number of halogens is 1. The zero-order valence-corrected chi connectivity index (χ0v) is 16.9. The average molecular weight is 408 g/mol. The lowest BCUT2D eigenvalue weighted by atomic mass is 10.2. The van der Waals surface area contributed by atoms with Crippen LogP contribution in [0.3, 0.4) is 0 Å². The maximum atomic E-state index is 13.7. The molecule has 158 valence electrons. The molecule has 1 aromatic carbocycles. The van der Waals surface area contributed by atoms with E-state index in [4.69, 9.17) is 4.74 Å². The molecule has 0 saturated carbocycles. The Morgan fingerprint density at radius 2 is 1.69 bits per heavy atom. The number of likely N-dealkylation sites (N-methyl/N-ethyl adjacent to an activating group) is 1. The maximum Gasteiger partial charge on any atom is 0.412 e. The molecule has 1 aliphatic rings. The molecule has 10 heteroatoms. The number of carbonyl (C=O) groups is 4. The molecular formula is C19H25FN4O5. The zero-order chi connectivity index (χ0) is 21.8. The van der Waals surface area contributed by atoms with Crippen molar-refractivity contribution < 1.29 is 28.3 Å². The summed E-state index contributed by atoms with van der Waals surface area (Å²) in [6, 6.07) is 3.44. The molecule has 0 radical (unpaired) electrons. The number of carbonyl (C=O) groups excluding carboxylic acids is 4. The van der Waals surface area contributed by atoms with Gasteiger partial charge in [0.2, 0.25) is 5.91 Å². The second-order valence-corrected chi connectivity index (χ2v) is 7.48. The number of amides is 4. The lowest BCUT2D eigenvalue weighted by molar-refractivity contribution is -0.156. The van der Waals surface area contributed by atoms with Gasteiger partial charge in [0, 0.05) is 19.6 Å². The van der Waals surface area contributed by atoms with Crippen LogP contribution in [-0.2, 0) is 19.1 Å². The monoisotopic (exact) mass is 408 g/mol. The summed E-state index contributed by atoms with van der Waals surface area (Å²) < 4.78 is 18.8. The normalized spacial score (nSPS) is 14.7. The summed E-state index contributed by atoms with van der Waals surface area (Å²) in [5, 5.41) is 4.91. The van der Waals surface area contributed by atoms with E-state index < -0.39 is 35.2 Å². The topological polar surface area (TPSA) is 108 Å². The van der Waals surface area contributed by atoms with Crippen molar-refractivity contribution in [3.05, 3.63) is 24.0 Å². The number of anilines is 2. The number of rotatable bonds is 5. The number of hydrogen-bond acceptors (Lipinski definition) is 5. The van der Waals surface area contributed by atoms with Crippen LogP contribution in [0.5, 0.6) is 0 Å². The highest BCUT2D eigenvalue weighted by atomic mass is 19.1. The molecule has 0 aliphatic carbocycles. The summed E-state index contributed by atoms with van der Waals surface area (Å²) in [4.78, 5) is 50.9. The van der Waals surface area contributed by atoms with Crippen molar-refractivity contribution in [3.8, 4) is 0 Å². The van der Waals surface area contributed by atoms with E-state index in [1.54, 1.807) is 27.7 Å². The highest BCUT2D eigenvalue weighted by Gasteiger charge is 2.32. The Bertz CT molecular complexity index is 821. The van der Waals surface area contributed by atoms with Gasteiger partial charge in [-0.05, 0) is 45.9 Å². The lowest BCUT2D eigenvalue weighted by Gasteiger charge is -2.32. The minimum absolute atomic E-state index is 0.00632. The molecule has 9 nitrogen and oxygen atoms in total. The van der Waals surface area contributed by atoms with Crippen LogP contribution in [0.2, 0.25) is 0 Å². The van der Waals surface area contributed by atoms with Gasteiger partial charge >= 0.3 is 17.9 Å². The van der Waals surface area contributed by atoms with Gasteiger partial charge in [0.1, 0.15) is 18.0 Å². The van der Waals surface area contributed by atoms with Crippen molar-refractivity contribution in [2.24, 2.45) is 0 Å². The van der Waals surface area contributed by atoms with Crippen molar-refractivity contribution in [2.45, 2.75) is 33.3 Å². The smallest absolute Gasteiger partial charge is 0.412 e. The van der Waals surface area contributed by atoms with Crippen molar-refractivity contribution in [1.82, 2.24) is 9.80 Å². The van der Waals surface area contributed by atoms with Gasteiger partial charge in [-0.3, -0.25) is 19.7 Å². The third-order valence-electron chi connectivity index (χ3n) is 4.00. The number of ether oxygens (including phenoxy) is 1. The van der Waals surface area contributed by atoms with Gasteiger partial charge in [-0.2, -0.15) is 0 Å². The molecule has 1 saturated heterocycles. The molecule has 1 fully saturated rings. The van der Waals surface area contributed by atoms with Gasteiger partial charge in [0.05, 0.1) is 11.4 Å². The SMILES string of the molecule is CCN1CCN(CC(=O)Nc2cc(F)ccc2NC(=O)OC(C)(C)C)C(=O)C1=O. The highest BCUT2D eigenvalue weighted by Crippen LogP contribution is 2.24. The zero-order valence-electron chi connectivity index (χ0n) is 16.9. The van der Waals surface area contributed by atoms with Gasteiger partial charge in [0.15, 0.2) is 0 Å². The Kier molecular flexibility index (Phi) is 6.78. The first-order valence-corrected chi connectivity index (χ1v) is 9.17. The third-order valence-corrected chi connectivity index (χ3v) is 4.00. The van der Waals surface area contributed by atoms with Gasteiger partial charge in [-0.1, -0.05) is 0 Å². The number of piperazine rings is 1. The summed E-state index contributed by atoms with van der Waals surface area (Å²) in [7, 11) is 0. The van der Waals surface area contributed by atoms with Crippen molar-refractivity contribution in [3.63, 3.8) is 0 Å². The first-order valence-electron chi connectivity index (χ1n) is 9.17. The summed E-state index contributed by atoms with van der Waals surface area (Å²) in [6.45, 7) is 7.43. The van der Waals surface area contributed by atoms with Crippen LogP contribution in [0.4, 0.5) is 20.6 Å². The maximum absolute atomic E-state index is 13.7. The van der Waals surface area contributed by atoms with Crippen LogP contribution in [-0.4, -0.2) is 65.4 Å². The number of nitrogens with zero attached hydrogens (tertiary/aromatic N) is 2. The summed E-state index contributed by atoms with van der Waals surface area (Å²) in [5.74, 6) is -2.68. The van der Waals surface area contributed by atoms with E-state index in [-0.39, 0.29) is 24.5 Å². The first kappa shape index (κ1) is 22.1. The fourth-order valence-electron chi connectivity index (χ4n) is 2.67. The molecule has 0 aromatic heterocycles. The highest BCUT2D eigenvalue weighted by molar-refractivity contribution is 6.35. The van der Waals surface area contributed by atoms with Gasteiger partial charge in [-0.15, -0.1) is 0 Å². The van der Waals surface area contributed by atoms with Crippen molar-refractivity contribution in [2.75, 3.05) is 36.8 Å². The molecule has 0 atom stereocenters. The van der Waals surface area contributed by atoms with E-state index in [9.17, 15) is 23.6 Å². The summed E-state index contributed by atoms with van der Waals surface area (Å²) in [5.41, 5.74) is -0.597. The molecule has 4 amide bonds. The molecule has 0 unspecified atom stereocenters. The minimum Gasteiger partial charge on any atom is -0.444 e. The molecule has 29 heavy (non-hydrogen) atoms. The Balaban J connectivity index is 2.06. The van der Waals surface area contributed by atoms with Gasteiger partial charge in [0.25, 0.3) is 0 Å². The molecule has 2 N–H and O–H groups in total.